The molecule has 0 bridgehead atoms. The molecule has 0 saturated carbocycles. The maximum Gasteiger partial charge on any atom is 0.0488 e. The molecule has 0 spiro atoms. The predicted octanol–water partition coefficient (Wildman–Crippen LogP) is 18.8. The van der Waals surface area contributed by atoms with Gasteiger partial charge in [-0.15, -0.1) is 0 Å². The number of fused-ring (bicyclic) bond motifs is 4. The zero-order chi connectivity index (χ0) is 46.3. The molecule has 0 fully saturated rings. The Morgan fingerprint density at radius 3 is 1.35 bits per heavy atom. The van der Waals surface area contributed by atoms with E-state index in [1.807, 2.05) is 0 Å². The molecule has 2 nitrogen and oxygen atoms in total. The highest BCUT2D eigenvalue weighted by Gasteiger charge is 2.36. The molecule has 328 valence electrons. The van der Waals surface area contributed by atoms with Crippen LogP contribution in [0.25, 0.3) is 66.4 Å². The van der Waals surface area contributed by atoms with E-state index in [1.54, 1.807) is 0 Å². The molecule has 0 aliphatic heterocycles. The molecule has 0 radical (unpaired) electrons. The Balaban J connectivity index is 1.10. The Morgan fingerprint density at radius 2 is 0.710 bits per heavy atom. The van der Waals surface area contributed by atoms with Crippen molar-refractivity contribution in [1.82, 2.24) is 0 Å². The van der Waals surface area contributed by atoms with Crippen LogP contribution in [0.3, 0.4) is 0 Å². The fourth-order valence-electron chi connectivity index (χ4n) is 10.6. The number of hydrogen-bond donors (Lipinski definition) is 0. The van der Waals surface area contributed by atoms with Gasteiger partial charge in [0.15, 0.2) is 0 Å². The smallest absolute Gasteiger partial charge is 0.0488 e. The van der Waals surface area contributed by atoms with Gasteiger partial charge in [0, 0.05) is 39.5 Å². The largest absolute Gasteiger partial charge is 0.310 e. The van der Waals surface area contributed by atoms with Crippen LogP contribution in [0.1, 0.15) is 25.0 Å². The van der Waals surface area contributed by atoms with E-state index in [9.17, 15) is 0 Å². The van der Waals surface area contributed by atoms with Gasteiger partial charge in [-0.2, -0.15) is 0 Å². The van der Waals surface area contributed by atoms with Gasteiger partial charge >= 0.3 is 0 Å². The number of anilines is 6. The quantitative estimate of drug-likeness (QED) is 0.135. The summed E-state index contributed by atoms with van der Waals surface area (Å²) in [5.41, 5.74) is 21.0. The normalized spacial score (nSPS) is 12.3. The van der Waals surface area contributed by atoms with Crippen molar-refractivity contribution < 1.29 is 0 Å². The second kappa shape index (κ2) is 17.5. The van der Waals surface area contributed by atoms with Crippen molar-refractivity contribution in [3.8, 4) is 55.6 Å². The molecule has 0 heterocycles. The first-order valence-electron chi connectivity index (χ1n) is 23.9. The fraction of sp³-hybridized carbons (Fsp3) is 0.0448. The second-order valence-corrected chi connectivity index (χ2v) is 18.6. The van der Waals surface area contributed by atoms with Gasteiger partial charge in [-0.3, -0.25) is 0 Å². The highest BCUT2D eigenvalue weighted by Crippen LogP contribution is 2.52. The summed E-state index contributed by atoms with van der Waals surface area (Å²) in [6.45, 7) is 4.72. The predicted molar refractivity (Wildman–Crippen MR) is 293 cm³/mol. The average Bonchev–Trinajstić information content (AvgIpc) is 3.64. The number of benzene rings is 11. The van der Waals surface area contributed by atoms with Crippen LogP contribution in [0.2, 0.25) is 0 Å². The van der Waals surface area contributed by atoms with E-state index in [2.05, 4.69) is 291 Å². The van der Waals surface area contributed by atoms with E-state index in [0.717, 1.165) is 50.8 Å². The Kier molecular flexibility index (Phi) is 10.6. The third-order valence-corrected chi connectivity index (χ3v) is 14.0. The minimum absolute atomic E-state index is 0.160. The molecule has 0 amide bonds. The van der Waals surface area contributed by atoms with Crippen molar-refractivity contribution in [1.29, 1.82) is 0 Å². The molecule has 69 heavy (non-hydrogen) atoms. The Hall–Kier alpha value is -8.72. The van der Waals surface area contributed by atoms with E-state index in [0.29, 0.717) is 0 Å². The van der Waals surface area contributed by atoms with Gasteiger partial charge in [-0.1, -0.05) is 208 Å². The van der Waals surface area contributed by atoms with Crippen molar-refractivity contribution in [2.45, 2.75) is 19.3 Å². The fourth-order valence-corrected chi connectivity index (χ4v) is 10.6. The van der Waals surface area contributed by atoms with E-state index < -0.39 is 0 Å². The van der Waals surface area contributed by atoms with Crippen LogP contribution in [0, 0.1) is 0 Å². The molecule has 2 heteroatoms. The van der Waals surface area contributed by atoms with Crippen LogP contribution in [0.15, 0.2) is 267 Å². The first-order chi connectivity index (χ1) is 34.0. The molecule has 1 aliphatic rings. The molecule has 11 aromatic rings. The van der Waals surface area contributed by atoms with Crippen LogP contribution in [-0.4, -0.2) is 0 Å². The molecule has 0 saturated heterocycles. The van der Waals surface area contributed by atoms with Gasteiger partial charge in [-0.05, 0) is 150 Å². The van der Waals surface area contributed by atoms with Crippen LogP contribution in [0.5, 0.6) is 0 Å². The summed E-state index contributed by atoms with van der Waals surface area (Å²) >= 11 is 0. The lowest BCUT2D eigenvalue weighted by atomic mass is 9.82. The lowest BCUT2D eigenvalue weighted by Crippen LogP contribution is -2.17. The first-order valence-corrected chi connectivity index (χ1v) is 23.9. The molecule has 11 aromatic carbocycles. The summed E-state index contributed by atoms with van der Waals surface area (Å²) in [5.74, 6) is 0. The van der Waals surface area contributed by atoms with Gasteiger partial charge in [0.2, 0.25) is 0 Å². The van der Waals surface area contributed by atoms with Gasteiger partial charge < -0.3 is 9.80 Å². The lowest BCUT2D eigenvalue weighted by Gasteiger charge is -2.31. The molecular formula is C67H50N2. The van der Waals surface area contributed by atoms with E-state index in [4.69, 9.17) is 0 Å². The second-order valence-electron chi connectivity index (χ2n) is 18.6. The Morgan fingerprint density at radius 1 is 0.246 bits per heavy atom. The summed E-state index contributed by atoms with van der Waals surface area (Å²) in [4.78, 5) is 4.85. The summed E-state index contributed by atoms with van der Waals surface area (Å²) < 4.78 is 0. The maximum absolute atomic E-state index is 2.44. The summed E-state index contributed by atoms with van der Waals surface area (Å²) in [5, 5.41) is 2.40. The Bertz CT molecular complexity index is 3580. The number of rotatable bonds is 10. The lowest BCUT2D eigenvalue weighted by molar-refractivity contribution is 0.660. The number of para-hydroxylation sites is 2. The monoisotopic (exact) mass is 882 g/mol. The highest BCUT2D eigenvalue weighted by atomic mass is 15.2. The minimum atomic E-state index is -0.160. The summed E-state index contributed by atoms with van der Waals surface area (Å²) in [6, 6.07) is 97.6. The highest BCUT2D eigenvalue weighted by molar-refractivity contribution is 5.97. The molecule has 12 rings (SSSR count). The van der Waals surface area contributed by atoms with Gasteiger partial charge in [-0.25, -0.2) is 0 Å². The van der Waals surface area contributed by atoms with Crippen molar-refractivity contribution in [3.05, 3.63) is 278 Å². The van der Waals surface area contributed by atoms with Crippen molar-refractivity contribution in [2.24, 2.45) is 0 Å². The molecule has 0 N–H and O–H groups in total. The Labute approximate surface area is 405 Å². The minimum Gasteiger partial charge on any atom is -0.310 e. The summed E-state index contributed by atoms with van der Waals surface area (Å²) in [7, 11) is 0. The van der Waals surface area contributed by atoms with Crippen LogP contribution in [-0.2, 0) is 5.41 Å². The van der Waals surface area contributed by atoms with E-state index >= 15 is 0 Å². The molecule has 0 atom stereocenters. The van der Waals surface area contributed by atoms with Gasteiger partial charge in [0.05, 0.1) is 0 Å². The van der Waals surface area contributed by atoms with Crippen LogP contribution < -0.4 is 9.80 Å². The molecule has 0 aromatic heterocycles. The maximum atomic E-state index is 2.44. The third-order valence-electron chi connectivity index (χ3n) is 14.0. The molecular weight excluding hydrogens is 833 g/mol. The van der Waals surface area contributed by atoms with E-state index in [1.165, 1.54) is 60.8 Å². The first kappa shape index (κ1) is 41.7. The number of hydrogen-bond acceptors (Lipinski definition) is 2. The standard InChI is InChI=1S/C67H50N2/c1-67(2)64-36-18-17-33-62(64)63-40-39-57(46-65(63)67)69(55-31-13-6-14-32-55)59-44-53(43-58(45-59)68(54-29-11-5-12-30-54)56-38-37-47-21-15-16-26-51(47)42-56)50-27-19-28-52(41-50)66-60(48-22-7-3-8-23-48)34-20-35-61(66)49-24-9-4-10-25-49/h3-46H,1-2H3. The van der Waals surface area contributed by atoms with Crippen LogP contribution >= 0.6 is 0 Å². The number of nitrogens with zero attached hydrogens (tertiary/aromatic N) is 2. The van der Waals surface area contributed by atoms with E-state index in [-0.39, 0.29) is 5.41 Å². The zero-order valence-electron chi connectivity index (χ0n) is 38.8. The van der Waals surface area contributed by atoms with Crippen molar-refractivity contribution >= 4 is 44.9 Å². The zero-order valence-corrected chi connectivity index (χ0v) is 38.8. The topological polar surface area (TPSA) is 6.48 Å². The van der Waals surface area contributed by atoms with Crippen molar-refractivity contribution in [2.75, 3.05) is 9.80 Å². The average molecular weight is 883 g/mol. The van der Waals surface area contributed by atoms with Gasteiger partial charge in [0.1, 0.15) is 0 Å². The molecule has 0 unspecified atom stereocenters. The van der Waals surface area contributed by atoms with Crippen molar-refractivity contribution in [3.63, 3.8) is 0 Å². The summed E-state index contributed by atoms with van der Waals surface area (Å²) in [6.07, 6.45) is 0. The SMILES string of the molecule is CC1(C)c2ccccc2-c2ccc(N(c3ccccc3)c3cc(-c4cccc(-c5c(-c6ccccc6)cccc5-c5ccccc5)c4)cc(N(c4ccccc4)c4ccc5ccccc5c4)c3)cc21. The third kappa shape index (κ3) is 7.67. The van der Waals surface area contributed by atoms with Gasteiger partial charge in [0.25, 0.3) is 0 Å². The molecule has 1 aliphatic carbocycles. The van der Waals surface area contributed by atoms with Crippen LogP contribution in [0.4, 0.5) is 34.1 Å².